The van der Waals surface area contributed by atoms with E-state index >= 15 is 0 Å². The molecule has 1 fully saturated rings. The number of aryl methyl sites for hydroxylation is 2. The first-order valence-corrected chi connectivity index (χ1v) is 6.94. The monoisotopic (exact) mass is 278 g/mol. The van der Waals surface area contributed by atoms with E-state index in [-0.39, 0.29) is 11.7 Å². The summed E-state index contributed by atoms with van der Waals surface area (Å²) < 4.78 is 11.8. The molecule has 0 bridgehead atoms. The summed E-state index contributed by atoms with van der Waals surface area (Å²) in [6, 6.07) is 3.29. The van der Waals surface area contributed by atoms with Crippen molar-refractivity contribution >= 4 is 5.97 Å². The van der Waals surface area contributed by atoms with E-state index in [4.69, 9.17) is 14.6 Å². The zero-order valence-electron chi connectivity index (χ0n) is 12.5. The Labute approximate surface area is 119 Å². The highest BCUT2D eigenvalue weighted by Crippen LogP contribution is 2.31. The molecule has 20 heavy (non-hydrogen) atoms. The van der Waals surface area contributed by atoms with Gasteiger partial charge in [-0.05, 0) is 63.8 Å². The number of ether oxygens (including phenoxy) is 2. The van der Waals surface area contributed by atoms with E-state index < -0.39 is 5.97 Å². The molecule has 1 atom stereocenters. The molecule has 1 heterocycles. The molecule has 110 valence electrons. The summed E-state index contributed by atoms with van der Waals surface area (Å²) in [6.07, 6.45) is 2.15. The molecule has 1 aliphatic rings. The molecule has 1 saturated heterocycles. The van der Waals surface area contributed by atoms with Crippen molar-refractivity contribution in [3.8, 4) is 5.75 Å². The summed E-state index contributed by atoms with van der Waals surface area (Å²) in [4.78, 5) is 11.0. The average molecular weight is 278 g/mol. The maximum absolute atomic E-state index is 11.0. The second kappa shape index (κ2) is 5.44. The van der Waals surface area contributed by atoms with E-state index in [0.29, 0.717) is 12.2 Å². The van der Waals surface area contributed by atoms with Crippen molar-refractivity contribution in [3.63, 3.8) is 0 Å². The normalized spacial score (nSPS) is 20.9. The van der Waals surface area contributed by atoms with E-state index in [0.717, 1.165) is 29.7 Å². The van der Waals surface area contributed by atoms with Gasteiger partial charge in [-0.2, -0.15) is 0 Å². The number of aromatic carboxylic acids is 1. The van der Waals surface area contributed by atoms with Crippen LogP contribution in [0.3, 0.4) is 0 Å². The van der Waals surface area contributed by atoms with Gasteiger partial charge in [-0.15, -0.1) is 0 Å². The molecule has 0 saturated carbocycles. The molecule has 0 spiro atoms. The highest BCUT2D eigenvalue weighted by Gasteiger charge is 2.32. The van der Waals surface area contributed by atoms with Gasteiger partial charge in [-0.25, -0.2) is 4.79 Å². The molecule has 4 nitrogen and oxygen atoms in total. The van der Waals surface area contributed by atoms with Crippen molar-refractivity contribution in [2.45, 2.75) is 52.2 Å². The number of hydrogen-bond donors (Lipinski definition) is 1. The predicted molar refractivity (Wildman–Crippen MR) is 76.6 cm³/mol. The van der Waals surface area contributed by atoms with Gasteiger partial charge in [0.05, 0.1) is 17.3 Å². The molecule has 0 radical (unpaired) electrons. The van der Waals surface area contributed by atoms with Gasteiger partial charge in [0.2, 0.25) is 0 Å². The lowest BCUT2D eigenvalue weighted by Gasteiger charge is -2.20. The molecule has 0 aromatic heterocycles. The summed E-state index contributed by atoms with van der Waals surface area (Å²) in [5, 5.41) is 9.02. The largest absolute Gasteiger partial charge is 0.490 e. The highest BCUT2D eigenvalue weighted by atomic mass is 16.6. The first-order chi connectivity index (χ1) is 9.28. The van der Waals surface area contributed by atoms with E-state index in [1.54, 1.807) is 12.1 Å². The highest BCUT2D eigenvalue weighted by molar-refractivity contribution is 5.88. The summed E-state index contributed by atoms with van der Waals surface area (Å²) in [5.74, 6) is -0.146. The van der Waals surface area contributed by atoms with Gasteiger partial charge in [0.25, 0.3) is 0 Å². The fraction of sp³-hybridized carbons (Fsp3) is 0.562. The van der Waals surface area contributed by atoms with Crippen LogP contribution in [0.2, 0.25) is 0 Å². The van der Waals surface area contributed by atoms with Crippen molar-refractivity contribution in [2.75, 3.05) is 6.61 Å². The first kappa shape index (κ1) is 14.9. The Balaban J connectivity index is 2.05. The van der Waals surface area contributed by atoms with Crippen LogP contribution in [0.5, 0.6) is 5.75 Å². The molecule has 1 aliphatic heterocycles. The standard InChI is InChI=1S/C16H22O4/c1-10-7-12(15(17)18)8-11(2)14(10)19-9-13-5-6-16(3,4)20-13/h7-8,13H,5-6,9H2,1-4H3,(H,17,18). The molecular formula is C16H22O4. The van der Waals surface area contributed by atoms with Crippen LogP contribution >= 0.6 is 0 Å². The molecule has 0 aliphatic carbocycles. The molecule has 2 rings (SSSR count). The van der Waals surface area contributed by atoms with Crippen molar-refractivity contribution < 1.29 is 19.4 Å². The second-order valence-corrected chi connectivity index (χ2v) is 6.09. The minimum atomic E-state index is -0.913. The third-order valence-electron chi connectivity index (χ3n) is 3.67. The molecule has 0 amide bonds. The lowest BCUT2D eigenvalue weighted by atomic mass is 10.1. The summed E-state index contributed by atoms with van der Waals surface area (Å²) in [6.45, 7) is 8.43. The van der Waals surface area contributed by atoms with Crippen LogP contribution in [0.4, 0.5) is 0 Å². The van der Waals surface area contributed by atoms with E-state index in [9.17, 15) is 4.79 Å². The van der Waals surface area contributed by atoms with Gasteiger partial charge in [0.15, 0.2) is 0 Å². The number of carbonyl (C=O) groups is 1. The SMILES string of the molecule is Cc1cc(C(=O)O)cc(C)c1OCC1CCC(C)(C)O1. The quantitative estimate of drug-likeness (QED) is 0.917. The Morgan fingerprint density at radius 3 is 2.45 bits per heavy atom. The topological polar surface area (TPSA) is 55.8 Å². The zero-order chi connectivity index (χ0) is 14.9. The van der Waals surface area contributed by atoms with Gasteiger partial charge in [-0.1, -0.05) is 0 Å². The summed E-state index contributed by atoms with van der Waals surface area (Å²) in [5.41, 5.74) is 1.93. The third kappa shape index (κ3) is 3.31. The Morgan fingerprint density at radius 1 is 1.40 bits per heavy atom. The van der Waals surface area contributed by atoms with Gasteiger partial charge >= 0.3 is 5.97 Å². The van der Waals surface area contributed by atoms with Crippen LogP contribution in [0.1, 0.15) is 48.2 Å². The first-order valence-electron chi connectivity index (χ1n) is 6.94. The lowest BCUT2D eigenvalue weighted by molar-refractivity contribution is -0.0328. The third-order valence-corrected chi connectivity index (χ3v) is 3.67. The zero-order valence-corrected chi connectivity index (χ0v) is 12.5. The fourth-order valence-electron chi connectivity index (χ4n) is 2.67. The Morgan fingerprint density at radius 2 is 2.00 bits per heavy atom. The summed E-state index contributed by atoms with van der Waals surface area (Å²) >= 11 is 0. The lowest BCUT2D eigenvalue weighted by Crippen LogP contribution is -2.24. The molecule has 4 heteroatoms. The average Bonchev–Trinajstić information content (AvgIpc) is 2.67. The van der Waals surface area contributed by atoms with Crippen LogP contribution in [0.25, 0.3) is 0 Å². The van der Waals surface area contributed by atoms with Crippen molar-refractivity contribution in [3.05, 3.63) is 28.8 Å². The fourth-order valence-corrected chi connectivity index (χ4v) is 2.67. The van der Waals surface area contributed by atoms with Gasteiger partial charge in [0.1, 0.15) is 12.4 Å². The number of hydrogen-bond acceptors (Lipinski definition) is 3. The van der Waals surface area contributed by atoms with Crippen LogP contribution in [0.15, 0.2) is 12.1 Å². The van der Waals surface area contributed by atoms with Crippen LogP contribution in [-0.2, 0) is 4.74 Å². The predicted octanol–water partition coefficient (Wildman–Crippen LogP) is 3.34. The smallest absolute Gasteiger partial charge is 0.335 e. The molecule has 1 unspecified atom stereocenters. The van der Waals surface area contributed by atoms with E-state index in [1.165, 1.54) is 0 Å². The van der Waals surface area contributed by atoms with E-state index in [2.05, 4.69) is 13.8 Å². The Bertz CT molecular complexity index is 496. The van der Waals surface area contributed by atoms with Crippen molar-refractivity contribution in [2.24, 2.45) is 0 Å². The molecule has 1 aromatic carbocycles. The Kier molecular flexibility index (Phi) is 4.04. The van der Waals surface area contributed by atoms with Crippen molar-refractivity contribution in [1.82, 2.24) is 0 Å². The van der Waals surface area contributed by atoms with Crippen LogP contribution in [-0.4, -0.2) is 29.4 Å². The summed E-state index contributed by atoms with van der Waals surface area (Å²) in [7, 11) is 0. The van der Waals surface area contributed by atoms with Crippen LogP contribution in [0, 0.1) is 13.8 Å². The number of carboxylic acids is 1. The minimum absolute atomic E-state index is 0.0642. The van der Waals surface area contributed by atoms with Crippen molar-refractivity contribution in [1.29, 1.82) is 0 Å². The van der Waals surface area contributed by atoms with Gasteiger partial charge in [0, 0.05) is 0 Å². The maximum Gasteiger partial charge on any atom is 0.335 e. The van der Waals surface area contributed by atoms with Crippen LogP contribution < -0.4 is 4.74 Å². The van der Waals surface area contributed by atoms with Gasteiger partial charge < -0.3 is 14.6 Å². The molecular weight excluding hydrogens is 256 g/mol. The Hall–Kier alpha value is -1.55. The minimum Gasteiger partial charge on any atom is -0.490 e. The molecule has 1 aromatic rings. The second-order valence-electron chi connectivity index (χ2n) is 6.09. The molecule has 1 N–H and O–H groups in total. The van der Waals surface area contributed by atoms with E-state index in [1.807, 2.05) is 13.8 Å². The van der Waals surface area contributed by atoms with Gasteiger partial charge in [-0.3, -0.25) is 0 Å². The maximum atomic E-state index is 11.0. The number of carboxylic acid groups (broad SMARTS) is 1. The number of benzene rings is 1. The number of rotatable bonds is 4.